The van der Waals surface area contributed by atoms with Crippen molar-refractivity contribution >= 4 is 50.2 Å². The average molecular weight is 522 g/mol. The summed E-state index contributed by atoms with van der Waals surface area (Å²) in [5.41, 5.74) is 0. The maximum Gasteiger partial charge on any atom is 0.318 e. The van der Waals surface area contributed by atoms with Gasteiger partial charge in [-0.3, -0.25) is 14.4 Å². The van der Waals surface area contributed by atoms with Crippen molar-refractivity contribution in [3.05, 3.63) is 41.4 Å². The minimum atomic E-state index is -4.33. The molecule has 1 N–H and O–H groups in total. The molecular formula is C24H28ClN3O6S. The first kappa shape index (κ1) is 25.4. The quantitative estimate of drug-likeness (QED) is 0.598. The number of carbonyl (C=O) groups excluding carboxylic acids is 2. The highest BCUT2D eigenvalue weighted by atomic mass is 35.5. The van der Waals surface area contributed by atoms with Gasteiger partial charge in [0, 0.05) is 24.7 Å². The van der Waals surface area contributed by atoms with E-state index >= 15 is 0 Å². The van der Waals surface area contributed by atoms with E-state index in [0.29, 0.717) is 23.5 Å². The van der Waals surface area contributed by atoms with Gasteiger partial charge in [0.05, 0.1) is 4.90 Å². The van der Waals surface area contributed by atoms with Crippen LogP contribution in [0.2, 0.25) is 5.02 Å². The summed E-state index contributed by atoms with van der Waals surface area (Å²) in [5.74, 6) is -2.09. The van der Waals surface area contributed by atoms with Gasteiger partial charge in [-0.2, -0.15) is 4.31 Å². The maximum atomic E-state index is 13.6. The number of halogens is 1. The lowest BCUT2D eigenvalue weighted by molar-refractivity contribution is -0.145. The smallest absolute Gasteiger partial charge is 0.318 e. The zero-order chi connectivity index (χ0) is 25.3. The fourth-order valence-corrected chi connectivity index (χ4v) is 6.61. The number of sulfonamides is 1. The van der Waals surface area contributed by atoms with Gasteiger partial charge in [-0.25, -0.2) is 8.42 Å². The molecule has 9 nitrogen and oxygen atoms in total. The van der Waals surface area contributed by atoms with Gasteiger partial charge >= 0.3 is 5.97 Å². The Kier molecular flexibility index (Phi) is 7.35. The largest absolute Gasteiger partial charge is 0.480 e. The number of amides is 2. The Balaban J connectivity index is 1.60. The number of nitrogens with zero attached hydrogens (tertiary/aromatic N) is 3. The van der Waals surface area contributed by atoms with E-state index in [1.807, 2.05) is 0 Å². The fraction of sp³-hybridized carbons (Fsp3) is 0.458. The average Bonchev–Trinajstić information content (AvgIpc) is 3.22. The van der Waals surface area contributed by atoms with Crippen LogP contribution in [0.25, 0.3) is 10.8 Å². The molecule has 2 fully saturated rings. The zero-order valence-corrected chi connectivity index (χ0v) is 21.0. The van der Waals surface area contributed by atoms with Crippen molar-refractivity contribution in [2.75, 3.05) is 26.2 Å². The summed E-state index contributed by atoms with van der Waals surface area (Å²) in [6, 6.07) is 7.47. The number of fused-ring (bicyclic) bond motifs is 1. The predicted molar refractivity (Wildman–Crippen MR) is 130 cm³/mol. The van der Waals surface area contributed by atoms with Gasteiger partial charge in [-0.05, 0) is 67.6 Å². The third-order valence-corrected chi connectivity index (χ3v) is 8.81. The Morgan fingerprint density at radius 1 is 1.09 bits per heavy atom. The zero-order valence-electron chi connectivity index (χ0n) is 19.4. The summed E-state index contributed by atoms with van der Waals surface area (Å²) in [6.45, 7) is 2.23. The molecule has 11 heteroatoms. The number of carboxylic acids is 1. The highest BCUT2D eigenvalue weighted by Crippen LogP contribution is 2.29. The second-order valence-corrected chi connectivity index (χ2v) is 11.3. The molecule has 0 aromatic heterocycles. The van der Waals surface area contributed by atoms with Gasteiger partial charge in [-0.15, -0.1) is 0 Å². The first-order valence-corrected chi connectivity index (χ1v) is 13.4. The number of rotatable bonds is 7. The molecule has 2 aromatic carbocycles. The Labute approximate surface area is 209 Å². The maximum absolute atomic E-state index is 13.6. The van der Waals surface area contributed by atoms with Crippen LogP contribution < -0.4 is 0 Å². The van der Waals surface area contributed by atoms with E-state index < -0.39 is 40.5 Å². The number of benzene rings is 2. The molecule has 2 saturated heterocycles. The van der Waals surface area contributed by atoms with Gasteiger partial charge in [-0.1, -0.05) is 23.7 Å². The Bertz CT molecular complexity index is 1260. The highest BCUT2D eigenvalue weighted by molar-refractivity contribution is 7.89. The first-order chi connectivity index (χ1) is 16.6. The van der Waals surface area contributed by atoms with Gasteiger partial charge < -0.3 is 14.9 Å². The molecule has 188 valence electrons. The number of aliphatic carboxylic acids is 1. The van der Waals surface area contributed by atoms with Crippen LogP contribution in [0.15, 0.2) is 41.3 Å². The topological polar surface area (TPSA) is 115 Å². The molecule has 0 saturated carbocycles. The molecule has 2 heterocycles. The van der Waals surface area contributed by atoms with E-state index in [0.717, 1.165) is 29.0 Å². The number of likely N-dealkylation sites (tertiary alicyclic amines) is 2. The lowest BCUT2D eigenvalue weighted by atomic mass is 10.1. The van der Waals surface area contributed by atoms with Crippen LogP contribution in [-0.4, -0.2) is 83.7 Å². The summed E-state index contributed by atoms with van der Waals surface area (Å²) in [5, 5.41) is 11.3. The molecular weight excluding hydrogens is 494 g/mol. The molecule has 35 heavy (non-hydrogen) atoms. The highest BCUT2D eigenvalue weighted by Gasteiger charge is 2.45. The van der Waals surface area contributed by atoms with Crippen LogP contribution in [-0.2, 0) is 24.4 Å². The van der Waals surface area contributed by atoms with E-state index in [2.05, 4.69) is 0 Å². The van der Waals surface area contributed by atoms with Crippen molar-refractivity contribution in [3.63, 3.8) is 0 Å². The van der Waals surface area contributed by atoms with E-state index in [-0.39, 0.29) is 23.8 Å². The number of carboxylic acid groups (broad SMARTS) is 1. The van der Waals surface area contributed by atoms with Crippen molar-refractivity contribution in [3.8, 4) is 0 Å². The van der Waals surface area contributed by atoms with E-state index in [1.54, 1.807) is 36.1 Å². The van der Waals surface area contributed by atoms with Crippen molar-refractivity contribution < 1.29 is 27.9 Å². The molecule has 2 aromatic rings. The number of piperidine rings is 1. The first-order valence-electron chi connectivity index (χ1n) is 11.6. The van der Waals surface area contributed by atoms with Gasteiger partial charge in [0.15, 0.2) is 0 Å². The van der Waals surface area contributed by atoms with Gasteiger partial charge in [0.2, 0.25) is 21.8 Å². The Morgan fingerprint density at radius 3 is 2.43 bits per heavy atom. The minimum Gasteiger partial charge on any atom is -0.480 e. The van der Waals surface area contributed by atoms with Crippen LogP contribution in [0, 0.1) is 0 Å². The summed E-state index contributed by atoms with van der Waals surface area (Å²) in [6.07, 6.45) is 2.99. The van der Waals surface area contributed by atoms with Crippen LogP contribution in [0.4, 0.5) is 0 Å². The summed E-state index contributed by atoms with van der Waals surface area (Å²) >= 11 is 6.01. The molecule has 0 radical (unpaired) electrons. The number of hydrogen-bond acceptors (Lipinski definition) is 5. The summed E-state index contributed by atoms with van der Waals surface area (Å²) in [7, 11) is -4.33. The lowest BCUT2D eigenvalue weighted by Crippen LogP contribution is -2.52. The van der Waals surface area contributed by atoms with Crippen molar-refractivity contribution in [1.29, 1.82) is 0 Å². The second kappa shape index (κ2) is 10.1. The monoisotopic (exact) mass is 521 g/mol. The lowest BCUT2D eigenvalue weighted by Gasteiger charge is -2.33. The Morgan fingerprint density at radius 2 is 1.74 bits per heavy atom. The standard InChI is InChI=1S/C24H28ClN3O6S/c1-16(23(31)26-10-3-2-4-11-26)27-12-9-21(24(27)32)28(15-22(29)30)35(33,34)20-8-6-17-13-19(25)7-5-18(17)14-20/h5-8,13-14,16,21H,2-4,9-12,15H2,1H3,(H,29,30)/t16-,21?/m0/s1. The molecule has 4 rings (SSSR count). The molecule has 1 unspecified atom stereocenters. The normalized spacial score (nSPS) is 20.0. The van der Waals surface area contributed by atoms with Crippen molar-refractivity contribution in [2.45, 2.75) is 49.6 Å². The fourth-order valence-electron chi connectivity index (χ4n) is 4.84. The molecule has 0 spiro atoms. The van der Waals surface area contributed by atoms with Crippen LogP contribution in [0.5, 0.6) is 0 Å². The third-order valence-electron chi connectivity index (χ3n) is 6.72. The van der Waals surface area contributed by atoms with E-state index in [9.17, 15) is 27.9 Å². The molecule has 0 aliphatic carbocycles. The van der Waals surface area contributed by atoms with Crippen molar-refractivity contribution in [1.82, 2.24) is 14.1 Å². The molecule has 0 bridgehead atoms. The third kappa shape index (κ3) is 5.14. The SMILES string of the molecule is C[C@@H](C(=O)N1CCCCC1)N1CCC(N(CC(=O)O)S(=O)(=O)c2ccc3cc(Cl)ccc3c2)C1=O. The molecule has 2 amide bonds. The minimum absolute atomic E-state index is 0.103. The van der Waals surface area contributed by atoms with Crippen LogP contribution in [0.1, 0.15) is 32.6 Å². The summed E-state index contributed by atoms with van der Waals surface area (Å²) < 4.78 is 27.9. The molecule has 2 atom stereocenters. The van der Waals surface area contributed by atoms with E-state index in [1.165, 1.54) is 17.0 Å². The Hall–Kier alpha value is -2.69. The van der Waals surface area contributed by atoms with Crippen LogP contribution in [0.3, 0.4) is 0 Å². The second-order valence-electron chi connectivity index (χ2n) is 9.00. The van der Waals surface area contributed by atoms with Crippen molar-refractivity contribution in [2.24, 2.45) is 0 Å². The van der Waals surface area contributed by atoms with E-state index in [4.69, 9.17) is 11.6 Å². The number of hydrogen-bond donors (Lipinski definition) is 1. The van der Waals surface area contributed by atoms with Gasteiger partial charge in [0.1, 0.15) is 18.6 Å². The van der Waals surface area contributed by atoms with Crippen LogP contribution >= 0.6 is 11.6 Å². The molecule has 2 aliphatic heterocycles. The summed E-state index contributed by atoms with van der Waals surface area (Å²) in [4.78, 5) is 40.9. The number of carbonyl (C=O) groups is 3. The molecule has 2 aliphatic rings. The van der Waals surface area contributed by atoms with Gasteiger partial charge in [0.25, 0.3) is 0 Å². The predicted octanol–water partition coefficient (Wildman–Crippen LogP) is 2.57.